The lowest BCUT2D eigenvalue weighted by atomic mass is 10.00. The van der Waals surface area contributed by atoms with Crippen molar-refractivity contribution in [2.75, 3.05) is 0 Å². The van der Waals surface area contributed by atoms with Gasteiger partial charge in [0.05, 0.1) is 5.71 Å². The van der Waals surface area contributed by atoms with Crippen LogP contribution in [0.25, 0.3) is 5.00 Å². The highest BCUT2D eigenvalue weighted by atomic mass is 35.5. The van der Waals surface area contributed by atoms with Gasteiger partial charge in [0.25, 0.3) is 0 Å². The van der Waals surface area contributed by atoms with Crippen molar-refractivity contribution in [3.05, 3.63) is 62.5 Å². The maximum atomic E-state index is 13.9. The SMILES string of the molecule is Cc1sc2c(c1C)C(c1ccc(Cl)cc1)=NC(C(F)(F)F)c1nnc(C)n1-2. The Hall–Kier alpha value is -2.19. The Morgan fingerprint density at radius 3 is 2.37 bits per heavy atom. The third-order valence-corrected chi connectivity index (χ3v) is 6.03. The van der Waals surface area contributed by atoms with Crippen LogP contribution in [0.15, 0.2) is 29.3 Å². The Balaban J connectivity index is 2.09. The molecule has 27 heavy (non-hydrogen) atoms. The molecule has 140 valence electrons. The number of hydrogen-bond donors (Lipinski definition) is 0. The molecule has 2 aromatic heterocycles. The van der Waals surface area contributed by atoms with Gasteiger partial charge in [-0.3, -0.25) is 9.56 Å². The molecule has 1 aliphatic heterocycles. The molecule has 0 aliphatic carbocycles. The van der Waals surface area contributed by atoms with Crippen LogP contribution in [0.1, 0.15) is 39.3 Å². The normalized spacial score (nSPS) is 16.6. The Bertz CT molecular complexity index is 1060. The van der Waals surface area contributed by atoms with Crippen LogP contribution in [0.3, 0.4) is 0 Å². The van der Waals surface area contributed by atoms with E-state index >= 15 is 0 Å². The highest BCUT2D eigenvalue weighted by Crippen LogP contribution is 2.43. The monoisotopic (exact) mass is 410 g/mol. The Morgan fingerprint density at radius 2 is 1.74 bits per heavy atom. The molecule has 0 bridgehead atoms. The number of hydrogen-bond acceptors (Lipinski definition) is 4. The zero-order chi connectivity index (χ0) is 19.5. The zero-order valence-electron chi connectivity index (χ0n) is 14.6. The number of aliphatic imine (C=N–C) groups is 1. The van der Waals surface area contributed by atoms with Crippen molar-refractivity contribution >= 4 is 28.6 Å². The van der Waals surface area contributed by atoms with Gasteiger partial charge < -0.3 is 0 Å². The first-order chi connectivity index (χ1) is 12.7. The van der Waals surface area contributed by atoms with Crippen LogP contribution in [0, 0.1) is 20.8 Å². The van der Waals surface area contributed by atoms with Gasteiger partial charge in [0.1, 0.15) is 10.8 Å². The van der Waals surface area contributed by atoms with Crippen molar-refractivity contribution in [2.45, 2.75) is 33.0 Å². The summed E-state index contributed by atoms with van der Waals surface area (Å²) in [7, 11) is 0. The number of benzene rings is 1. The number of rotatable bonds is 1. The summed E-state index contributed by atoms with van der Waals surface area (Å²) < 4.78 is 43.1. The average molecular weight is 411 g/mol. The summed E-state index contributed by atoms with van der Waals surface area (Å²) in [6.45, 7) is 5.48. The van der Waals surface area contributed by atoms with Crippen LogP contribution >= 0.6 is 22.9 Å². The standard InChI is InChI=1S/C18H14ClF3N4S/c1-8-9(2)27-17-13(8)14(11-4-6-12(19)7-5-11)23-15(18(20,21)22)16-25-24-10(3)26(16)17/h4-7,15H,1-3H3. The molecule has 0 saturated heterocycles. The van der Waals surface area contributed by atoms with Crippen LogP contribution in [0.4, 0.5) is 13.2 Å². The molecular weight excluding hydrogens is 397 g/mol. The molecule has 4 nitrogen and oxygen atoms in total. The largest absolute Gasteiger partial charge is 0.418 e. The molecular formula is C18H14ClF3N4S. The minimum atomic E-state index is -4.59. The van der Waals surface area contributed by atoms with Crippen molar-refractivity contribution in [3.8, 4) is 5.00 Å². The third-order valence-electron chi connectivity index (χ3n) is 4.59. The molecule has 0 saturated carbocycles. The maximum Gasteiger partial charge on any atom is 0.418 e. The molecule has 0 N–H and O–H groups in total. The lowest BCUT2D eigenvalue weighted by Crippen LogP contribution is -2.22. The first kappa shape index (κ1) is 18.2. The number of nitrogens with zero attached hydrogens (tertiary/aromatic N) is 4. The lowest BCUT2D eigenvalue weighted by Gasteiger charge is -2.15. The molecule has 4 rings (SSSR count). The van der Waals surface area contributed by atoms with E-state index in [1.807, 2.05) is 13.8 Å². The van der Waals surface area contributed by atoms with Crippen LogP contribution in [-0.2, 0) is 0 Å². The van der Waals surface area contributed by atoms with Gasteiger partial charge in [-0.05, 0) is 38.5 Å². The van der Waals surface area contributed by atoms with E-state index < -0.39 is 12.2 Å². The number of fused-ring (bicyclic) bond motifs is 3. The molecule has 1 atom stereocenters. The predicted octanol–water partition coefficient (Wildman–Crippen LogP) is 5.36. The third kappa shape index (κ3) is 2.87. The van der Waals surface area contributed by atoms with E-state index in [0.717, 1.165) is 10.4 Å². The Kier molecular flexibility index (Phi) is 4.16. The van der Waals surface area contributed by atoms with E-state index in [2.05, 4.69) is 15.2 Å². The molecule has 0 radical (unpaired) electrons. The molecule has 1 unspecified atom stereocenters. The van der Waals surface area contributed by atoms with Gasteiger partial charge in [-0.25, -0.2) is 0 Å². The first-order valence-corrected chi connectivity index (χ1v) is 9.31. The molecule has 3 aromatic rings. The Labute approximate surface area is 162 Å². The smallest absolute Gasteiger partial charge is 0.271 e. The fourth-order valence-electron chi connectivity index (χ4n) is 3.15. The van der Waals surface area contributed by atoms with Gasteiger partial charge in [0.15, 0.2) is 5.82 Å². The van der Waals surface area contributed by atoms with E-state index in [-0.39, 0.29) is 11.5 Å². The highest BCUT2D eigenvalue weighted by Gasteiger charge is 2.47. The number of aryl methyl sites for hydroxylation is 2. The summed E-state index contributed by atoms with van der Waals surface area (Å²) >= 11 is 7.37. The number of thiophene rings is 1. The minimum absolute atomic E-state index is 0.216. The van der Waals surface area contributed by atoms with Gasteiger partial charge in [0.2, 0.25) is 6.04 Å². The number of halogens is 4. The summed E-state index contributed by atoms with van der Waals surface area (Å²) in [6, 6.07) is 4.57. The van der Waals surface area contributed by atoms with Crippen molar-refractivity contribution in [1.29, 1.82) is 0 Å². The second-order valence-electron chi connectivity index (χ2n) is 6.33. The summed E-state index contributed by atoms with van der Waals surface area (Å²) in [5, 5.41) is 8.86. The van der Waals surface area contributed by atoms with Crippen LogP contribution in [0.2, 0.25) is 5.02 Å². The quantitative estimate of drug-likeness (QED) is 0.542. The van der Waals surface area contributed by atoms with E-state index in [4.69, 9.17) is 11.6 Å². The van der Waals surface area contributed by atoms with Crippen molar-refractivity contribution in [1.82, 2.24) is 14.8 Å². The van der Waals surface area contributed by atoms with E-state index in [1.54, 1.807) is 31.2 Å². The van der Waals surface area contributed by atoms with Gasteiger partial charge in [-0.15, -0.1) is 21.5 Å². The summed E-state index contributed by atoms with van der Waals surface area (Å²) in [6.07, 6.45) is -4.59. The fraction of sp³-hybridized carbons (Fsp3) is 0.278. The van der Waals surface area contributed by atoms with Crippen molar-refractivity contribution in [2.24, 2.45) is 4.99 Å². The maximum absolute atomic E-state index is 13.9. The van der Waals surface area contributed by atoms with E-state index in [0.29, 0.717) is 27.0 Å². The molecule has 3 heterocycles. The minimum Gasteiger partial charge on any atom is -0.271 e. The second-order valence-corrected chi connectivity index (χ2v) is 7.97. The van der Waals surface area contributed by atoms with E-state index in [9.17, 15) is 13.2 Å². The topological polar surface area (TPSA) is 43.1 Å². The predicted molar refractivity (Wildman–Crippen MR) is 99.3 cm³/mol. The van der Waals surface area contributed by atoms with Gasteiger partial charge >= 0.3 is 6.18 Å². The van der Waals surface area contributed by atoms with Gasteiger partial charge in [-0.1, -0.05) is 23.7 Å². The van der Waals surface area contributed by atoms with Crippen LogP contribution in [0.5, 0.6) is 0 Å². The first-order valence-electron chi connectivity index (χ1n) is 8.11. The van der Waals surface area contributed by atoms with Crippen molar-refractivity contribution < 1.29 is 13.2 Å². The molecule has 1 aromatic carbocycles. The molecule has 0 spiro atoms. The van der Waals surface area contributed by atoms with Gasteiger partial charge in [0, 0.05) is 21.0 Å². The number of aromatic nitrogens is 3. The summed E-state index contributed by atoms with van der Waals surface area (Å²) in [5.74, 6) is 0.181. The van der Waals surface area contributed by atoms with Crippen LogP contribution < -0.4 is 0 Å². The van der Waals surface area contributed by atoms with Crippen molar-refractivity contribution in [3.63, 3.8) is 0 Å². The van der Waals surface area contributed by atoms with Crippen LogP contribution in [-0.4, -0.2) is 26.7 Å². The lowest BCUT2D eigenvalue weighted by molar-refractivity contribution is -0.150. The molecule has 1 aliphatic rings. The summed E-state index contributed by atoms with van der Waals surface area (Å²) in [5.41, 5.74) is 2.43. The molecule has 9 heteroatoms. The van der Waals surface area contributed by atoms with Gasteiger partial charge in [-0.2, -0.15) is 13.2 Å². The summed E-state index contributed by atoms with van der Waals surface area (Å²) in [4.78, 5) is 5.15. The second kappa shape index (κ2) is 6.17. The fourth-order valence-corrected chi connectivity index (χ4v) is 4.49. The molecule has 0 amide bonds. The zero-order valence-corrected chi connectivity index (χ0v) is 16.2. The average Bonchev–Trinajstić information content (AvgIpc) is 3.04. The van der Waals surface area contributed by atoms with E-state index in [1.165, 1.54) is 15.9 Å². The highest BCUT2D eigenvalue weighted by molar-refractivity contribution is 7.15. The Morgan fingerprint density at radius 1 is 1.07 bits per heavy atom. The molecule has 0 fully saturated rings. The number of alkyl halides is 3.